The molecule has 0 spiro atoms. The van der Waals surface area contributed by atoms with Crippen LogP contribution in [-0.2, 0) is 17.8 Å². The van der Waals surface area contributed by atoms with Crippen LogP contribution in [0.3, 0.4) is 0 Å². The van der Waals surface area contributed by atoms with Gasteiger partial charge in [0.05, 0.1) is 5.41 Å². The Morgan fingerprint density at radius 1 is 1.25 bits per heavy atom. The Labute approximate surface area is 121 Å². The number of amides is 1. The highest BCUT2D eigenvalue weighted by Gasteiger charge is 2.40. The van der Waals surface area contributed by atoms with Crippen LogP contribution in [0.2, 0.25) is 0 Å². The third-order valence-electron chi connectivity index (χ3n) is 5.11. The third-order valence-corrected chi connectivity index (χ3v) is 5.11. The van der Waals surface area contributed by atoms with Gasteiger partial charge in [-0.15, -0.1) is 0 Å². The summed E-state index contributed by atoms with van der Waals surface area (Å²) in [6.45, 7) is 5.80. The summed E-state index contributed by atoms with van der Waals surface area (Å²) in [5, 5.41) is 3.38. The molecule has 1 saturated heterocycles. The summed E-state index contributed by atoms with van der Waals surface area (Å²) in [5.41, 5.74) is 2.62. The van der Waals surface area contributed by atoms with E-state index in [0.717, 1.165) is 51.9 Å². The van der Waals surface area contributed by atoms with Crippen molar-refractivity contribution in [2.75, 3.05) is 19.6 Å². The molecule has 1 aromatic carbocycles. The molecule has 0 unspecified atom stereocenters. The molecular weight excluding hydrogens is 248 g/mol. The molecule has 3 heteroatoms. The van der Waals surface area contributed by atoms with Crippen molar-refractivity contribution in [1.82, 2.24) is 10.2 Å². The van der Waals surface area contributed by atoms with Gasteiger partial charge in [-0.3, -0.25) is 4.79 Å². The summed E-state index contributed by atoms with van der Waals surface area (Å²) in [5.74, 6) is 0.385. The molecule has 0 aromatic heterocycles. The van der Waals surface area contributed by atoms with Crippen molar-refractivity contribution >= 4 is 5.91 Å². The molecule has 20 heavy (non-hydrogen) atoms. The van der Waals surface area contributed by atoms with Gasteiger partial charge >= 0.3 is 0 Å². The number of carbonyl (C=O) groups excluding carboxylic acids is 1. The zero-order chi connectivity index (χ0) is 14.0. The second-order valence-electron chi connectivity index (χ2n) is 6.13. The lowest BCUT2D eigenvalue weighted by Gasteiger charge is -2.41. The number of rotatable bonds is 2. The van der Waals surface area contributed by atoms with Gasteiger partial charge in [0.15, 0.2) is 0 Å². The molecule has 108 valence electrons. The number of piperidine rings is 1. The van der Waals surface area contributed by atoms with Gasteiger partial charge in [0, 0.05) is 13.1 Å². The first kappa shape index (κ1) is 13.6. The molecule has 1 N–H and O–H groups in total. The summed E-state index contributed by atoms with van der Waals surface area (Å²) in [6, 6.07) is 8.52. The largest absolute Gasteiger partial charge is 0.338 e. The van der Waals surface area contributed by atoms with E-state index >= 15 is 0 Å². The second kappa shape index (κ2) is 5.57. The first-order valence-electron chi connectivity index (χ1n) is 7.82. The number of carbonyl (C=O) groups is 1. The number of fused-ring (bicyclic) bond motifs is 1. The van der Waals surface area contributed by atoms with Gasteiger partial charge in [0.25, 0.3) is 0 Å². The molecule has 0 bridgehead atoms. The molecular formula is C17H24N2O. The standard InChI is InChI=1S/C17H24N2O/c1-2-17(8-10-18-11-9-17)16(20)19-12-7-14-5-3-4-6-15(14)13-19/h3-6,18H,2,7-13H2,1H3. The van der Waals surface area contributed by atoms with E-state index in [9.17, 15) is 4.79 Å². The van der Waals surface area contributed by atoms with Crippen molar-refractivity contribution in [3.05, 3.63) is 35.4 Å². The maximum atomic E-state index is 13.0. The predicted molar refractivity (Wildman–Crippen MR) is 80.4 cm³/mol. The smallest absolute Gasteiger partial charge is 0.229 e. The Kier molecular flexibility index (Phi) is 3.79. The van der Waals surface area contributed by atoms with Crippen LogP contribution in [0.1, 0.15) is 37.3 Å². The van der Waals surface area contributed by atoms with Gasteiger partial charge in [0.1, 0.15) is 0 Å². The fourth-order valence-corrected chi connectivity index (χ4v) is 3.63. The average Bonchev–Trinajstić information content (AvgIpc) is 2.54. The zero-order valence-corrected chi connectivity index (χ0v) is 12.3. The second-order valence-corrected chi connectivity index (χ2v) is 6.13. The van der Waals surface area contributed by atoms with E-state index in [-0.39, 0.29) is 5.41 Å². The van der Waals surface area contributed by atoms with Crippen molar-refractivity contribution in [2.24, 2.45) is 5.41 Å². The van der Waals surface area contributed by atoms with Crippen LogP contribution >= 0.6 is 0 Å². The lowest BCUT2D eigenvalue weighted by Crippen LogP contribution is -2.50. The summed E-state index contributed by atoms with van der Waals surface area (Å²) >= 11 is 0. The van der Waals surface area contributed by atoms with E-state index in [1.54, 1.807) is 0 Å². The highest BCUT2D eigenvalue weighted by Crippen LogP contribution is 2.36. The minimum absolute atomic E-state index is 0.114. The Bertz CT molecular complexity index is 492. The highest BCUT2D eigenvalue weighted by atomic mass is 16.2. The summed E-state index contributed by atoms with van der Waals surface area (Å²) < 4.78 is 0. The van der Waals surface area contributed by atoms with Crippen molar-refractivity contribution in [2.45, 2.75) is 39.2 Å². The van der Waals surface area contributed by atoms with Gasteiger partial charge in [0.2, 0.25) is 5.91 Å². The minimum Gasteiger partial charge on any atom is -0.338 e. The molecule has 0 aliphatic carbocycles. The van der Waals surface area contributed by atoms with Crippen LogP contribution in [0.4, 0.5) is 0 Å². The molecule has 1 aromatic rings. The van der Waals surface area contributed by atoms with Crippen molar-refractivity contribution in [3.8, 4) is 0 Å². The highest BCUT2D eigenvalue weighted by molar-refractivity contribution is 5.83. The Hall–Kier alpha value is -1.35. The normalized spacial score (nSPS) is 21.4. The molecule has 0 radical (unpaired) electrons. The van der Waals surface area contributed by atoms with Gasteiger partial charge in [-0.05, 0) is 49.9 Å². The molecule has 1 fully saturated rings. The summed E-state index contributed by atoms with van der Waals surface area (Å²) in [7, 11) is 0. The zero-order valence-electron chi connectivity index (χ0n) is 12.3. The number of benzene rings is 1. The fraction of sp³-hybridized carbons (Fsp3) is 0.588. The monoisotopic (exact) mass is 272 g/mol. The first-order chi connectivity index (χ1) is 9.75. The Morgan fingerprint density at radius 2 is 1.95 bits per heavy atom. The van der Waals surface area contributed by atoms with Crippen LogP contribution in [0, 0.1) is 5.41 Å². The minimum atomic E-state index is -0.114. The number of hydrogen-bond donors (Lipinski definition) is 1. The third kappa shape index (κ3) is 2.35. The maximum absolute atomic E-state index is 13.0. The van der Waals surface area contributed by atoms with Gasteiger partial charge in [-0.1, -0.05) is 31.2 Å². The molecule has 0 saturated carbocycles. The molecule has 1 amide bonds. The number of nitrogens with zero attached hydrogens (tertiary/aromatic N) is 1. The number of nitrogens with one attached hydrogen (secondary N) is 1. The van der Waals surface area contributed by atoms with E-state index in [4.69, 9.17) is 0 Å². The quantitative estimate of drug-likeness (QED) is 0.896. The van der Waals surface area contributed by atoms with E-state index < -0.39 is 0 Å². The molecule has 0 atom stereocenters. The van der Waals surface area contributed by atoms with Gasteiger partial charge in [-0.2, -0.15) is 0 Å². The molecule has 2 aliphatic heterocycles. The molecule has 2 heterocycles. The van der Waals surface area contributed by atoms with E-state index in [1.807, 2.05) is 0 Å². The van der Waals surface area contributed by atoms with E-state index in [1.165, 1.54) is 11.1 Å². The van der Waals surface area contributed by atoms with Crippen LogP contribution in [0.25, 0.3) is 0 Å². The van der Waals surface area contributed by atoms with Crippen molar-refractivity contribution in [1.29, 1.82) is 0 Å². The number of hydrogen-bond acceptors (Lipinski definition) is 2. The van der Waals surface area contributed by atoms with Crippen LogP contribution in [0.5, 0.6) is 0 Å². The van der Waals surface area contributed by atoms with Gasteiger partial charge < -0.3 is 10.2 Å². The van der Waals surface area contributed by atoms with Crippen LogP contribution in [-0.4, -0.2) is 30.4 Å². The topological polar surface area (TPSA) is 32.3 Å². The van der Waals surface area contributed by atoms with E-state index in [0.29, 0.717) is 5.91 Å². The predicted octanol–water partition coefficient (Wildman–Crippen LogP) is 2.35. The summed E-state index contributed by atoms with van der Waals surface area (Å²) in [4.78, 5) is 15.1. The average molecular weight is 272 g/mol. The van der Waals surface area contributed by atoms with Gasteiger partial charge in [-0.25, -0.2) is 0 Å². The van der Waals surface area contributed by atoms with Crippen molar-refractivity contribution < 1.29 is 4.79 Å². The maximum Gasteiger partial charge on any atom is 0.229 e. The lowest BCUT2D eigenvalue weighted by atomic mass is 9.75. The Morgan fingerprint density at radius 3 is 2.65 bits per heavy atom. The SMILES string of the molecule is CCC1(C(=O)N2CCc3ccccc3C2)CCNCC1. The Balaban J connectivity index is 1.78. The molecule has 3 nitrogen and oxygen atoms in total. The molecule has 3 rings (SSSR count). The van der Waals surface area contributed by atoms with Crippen LogP contribution in [0.15, 0.2) is 24.3 Å². The van der Waals surface area contributed by atoms with E-state index in [2.05, 4.69) is 41.4 Å². The first-order valence-corrected chi connectivity index (χ1v) is 7.82. The van der Waals surface area contributed by atoms with Crippen molar-refractivity contribution in [3.63, 3.8) is 0 Å². The lowest BCUT2D eigenvalue weighted by molar-refractivity contribution is -0.145. The summed E-state index contributed by atoms with van der Waals surface area (Å²) in [6.07, 6.45) is 3.94. The van der Waals surface area contributed by atoms with Crippen LogP contribution < -0.4 is 5.32 Å². The molecule has 2 aliphatic rings. The fourth-order valence-electron chi connectivity index (χ4n) is 3.63.